The molecule has 162 valence electrons. The zero-order valence-electron chi connectivity index (χ0n) is 18.5. The van der Waals surface area contributed by atoms with Crippen LogP contribution in [0.1, 0.15) is 35.1 Å². The highest BCUT2D eigenvalue weighted by molar-refractivity contribution is 6.13. The minimum absolute atomic E-state index is 0.209. The van der Waals surface area contributed by atoms with E-state index in [1.165, 1.54) is 0 Å². The molecule has 0 radical (unpaired) electrons. The highest BCUT2D eigenvalue weighted by Gasteiger charge is 2.39. The molecule has 1 atom stereocenters. The fourth-order valence-corrected chi connectivity index (χ4v) is 4.67. The van der Waals surface area contributed by atoms with Crippen molar-refractivity contribution in [2.45, 2.75) is 18.9 Å². The second-order valence-corrected chi connectivity index (χ2v) is 8.06. The minimum Gasteiger partial charge on any atom is -0.464 e. The van der Waals surface area contributed by atoms with Gasteiger partial charge in [-0.3, -0.25) is 4.99 Å². The Bertz CT molecular complexity index is 1210. The number of aliphatic imine (C=N–C) groups is 1. The first-order valence-electron chi connectivity index (χ1n) is 11.3. The molecule has 0 spiro atoms. The van der Waals surface area contributed by atoms with Gasteiger partial charge < -0.3 is 4.74 Å². The van der Waals surface area contributed by atoms with Crippen molar-refractivity contribution in [3.63, 3.8) is 0 Å². The van der Waals surface area contributed by atoms with Crippen LogP contribution in [0.5, 0.6) is 0 Å². The van der Waals surface area contributed by atoms with Crippen LogP contribution in [0.25, 0.3) is 11.1 Å². The van der Waals surface area contributed by atoms with Gasteiger partial charge in [0.15, 0.2) is 6.04 Å². The Balaban J connectivity index is 1.72. The van der Waals surface area contributed by atoms with Crippen molar-refractivity contribution < 1.29 is 9.53 Å². The van der Waals surface area contributed by atoms with Gasteiger partial charge in [-0.1, -0.05) is 109 Å². The van der Waals surface area contributed by atoms with E-state index in [0.717, 1.165) is 39.1 Å². The van der Waals surface area contributed by atoms with E-state index < -0.39 is 6.04 Å². The molecular weight excluding hydrogens is 406 g/mol. The lowest BCUT2D eigenvalue weighted by Gasteiger charge is -2.22. The number of benzene rings is 4. The van der Waals surface area contributed by atoms with E-state index in [-0.39, 0.29) is 11.9 Å². The van der Waals surface area contributed by atoms with E-state index in [9.17, 15) is 4.79 Å². The second-order valence-electron chi connectivity index (χ2n) is 8.06. The van der Waals surface area contributed by atoms with Gasteiger partial charge in [0.25, 0.3) is 0 Å². The third-order valence-corrected chi connectivity index (χ3v) is 6.09. The number of hydrogen-bond acceptors (Lipinski definition) is 3. The maximum absolute atomic E-state index is 13.4. The Labute approximate surface area is 194 Å². The van der Waals surface area contributed by atoms with Crippen molar-refractivity contribution in [1.82, 2.24) is 0 Å². The topological polar surface area (TPSA) is 38.7 Å². The molecule has 0 aromatic heterocycles. The molecule has 0 aliphatic heterocycles. The molecule has 33 heavy (non-hydrogen) atoms. The summed E-state index contributed by atoms with van der Waals surface area (Å²) in [6.07, 6.45) is 0. The maximum Gasteiger partial charge on any atom is 0.331 e. The second kappa shape index (κ2) is 9.25. The monoisotopic (exact) mass is 431 g/mol. The first-order chi connectivity index (χ1) is 16.3. The summed E-state index contributed by atoms with van der Waals surface area (Å²) >= 11 is 0. The van der Waals surface area contributed by atoms with Crippen LogP contribution >= 0.6 is 0 Å². The van der Waals surface area contributed by atoms with Gasteiger partial charge in [0.2, 0.25) is 0 Å². The molecule has 0 saturated carbocycles. The molecule has 3 nitrogen and oxygen atoms in total. The van der Waals surface area contributed by atoms with Gasteiger partial charge in [-0.05, 0) is 29.2 Å². The molecular formula is C30H25NO2. The summed E-state index contributed by atoms with van der Waals surface area (Å²) in [6.45, 7) is 2.15. The minimum atomic E-state index is -0.704. The van der Waals surface area contributed by atoms with E-state index in [4.69, 9.17) is 9.73 Å². The lowest BCUT2D eigenvalue weighted by Crippen LogP contribution is -2.30. The average Bonchev–Trinajstić information content (AvgIpc) is 3.20. The summed E-state index contributed by atoms with van der Waals surface area (Å²) in [5, 5.41) is 0. The van der Waals surface area contributed by atoms with E-state index in [1.54, 1.807) is 0 Å². The van der Waals surface area contributed by atoms with Crippen molar-refractivity contribution in [1.29, 1.82) is 0 Å². The Morgan fingerprint density at radius 1 is 0.727 bits per heavy atom. The molecule has 0 N–H and O–H groups in total. The summed E-state index contributed by atoms with van der Waals surface area (Å²) in [7, 11) is 0. The van der Waals surface area contributed by atoms with E-state index in [0.29, 0.717) is 6.61 Å². The van der Waals surface area contributed by atoms with E-state index >= 15 is 0 Å². The summed E-state index contributed by atoms with van der Waals surface area (Å²) in [6, 6.07) is 36.0. The highest BCUT2D eigenvalue weighted by Crippen LogP contribution is 2.47. The van der Waals surface area contributed by atoms with Crippen molar-refractivity contribution in [2.24, 2.45) is 4.99 Å². The molecule has 1 aliphatic rings. The number of rotatable bonds is 6. The van der Waals surface area contributed by atoms with E-state index in [2.05, 4.69) is 24.3 Å². The van der Waals surface area contributed by atoms with Crippen LogP contribution in [0.15, 0.2) is 114 Å². The predicted octanol–water partition coefficient (Wildman–Crippen LogP) is 6.27. The van der Waals surface area contributed by atoms with Gasteiger partial charge in [-0.15, -0.1) is 0 Å². The SMILES string of the molecule is CCOC(=O)C(N=C(c1ccccc1)c1ccccc1)C1c2ccccc2-c2ccccc21. The van der Waals surface area contributed by atoms with Crippen LogP contribution in [0.2, 0.25) is 0 Å². The fourth-order valence-electron chi connectivity index (χ4n) is 4.67. The van der Waals surface area contributed by atoms with Crippen LogP contribution in [-0.4, -0.2) is 24.3 Å². The molecule has 4 aromatic rings. The molecule has 3 heteroatoms. The molecule has 0 bridgehead atoms. The highest BCUT2D eigenvalue weighted by atomic mass is 16.5. The van der Waals surface area contributed by atoms with Crippen molar-refractivity contribution >= 4 is 11.7 Å². The number of nitrogens with zero attached hydrogens (tertiary/aromatic N) is 1. The molecule has 1 unspecified atom stereocenters. The predicted molar refractivity (Wildman–Crippen MR) is 133 cm³/mol. The van der Waals surface area contributed by atoms with Gasteiger partial charge in [-0.2, -0.15) is 0 Å². The fraction of sp³-hybridized carbons (Fsp3) is 0.133. The number of hydrogen-bond donors (Lipinski definition) is 0. The Morgan fingerprint density at radius 2 is 1.18 bits per heavy atom. The normalized spacial score (nSPS) is 13.0. The standard InChI is InChI=1S/C30H25NO2/c1-2-33-30(32)29(27-25-19-11-9-17-23(25)24-18-10-12-20-26(24)27)31-28(21-13-5-3-6-14-21)22-15-7-4-8-16-22/h3-20,27,29H,2H2,1H3. The maximum atomic E-state index is 13.4. The Morgan fingerprint density at radius 3 is 1.67 bits per heavy atom. The zero-order valence-corrected chi connectivity index (χ0v) is 18.5. The quantitative estimate of drug-likeness (QED) is 0.267. The molecule has 4 aromatic carbocycles. The van der Waals surface area contributed by atoms with E-state index in [1.807, 2.05) is 91.9 Å². The molecule has 1 aliphatic carbocycles. The third-order valence-electron chi connectivity index (χ3n) is 6.09. The van der Waals surface area contributed by atoms with Crippen LogP contribution in [-0.2, 0) is 9.53 Å². The molecule has 0 heterocycles. The smallest absolute Gasteiger partial charge is 0.331 e. The Hall–Kier alpha value is -3.98. The number of esters is 1. The average molecular weight is 432 g/mol. The lowest BCUT2D eigenvalue weighted by molar-refractivity contribution is -0.144. The first-order valence-corrected chi connectivity index (χ1v) is 11.3. The molecule has 5 rings (SSSR count). The Kier molecular flexibility index (Phi) is 5.86. The van der Waals surface area contributed by atoms with Crippen molar-refractivity contribution in [2.75, 3.05) is 6.61 Å². The van der Waals surface area contributed by atoms with Gasteiger partial charge in [0.1, 0.15) is 0 Å². The van der Waals surface area contributed by atoms with Crippen molar-refractivity contribution in [3.8, 4) is 11.1 Å². The summed E-state index contributed by atoms with van der Waals surface area (Å²) in [5.74, 6) is -0.516. The number of fused-ring (bicyclic) bond motifs is 3. The summed E-state index contributed by atoms with van der Waals surface area (Å²) in [4.78, 5) is 18.6. The van der Waals surface area contributed by atoms with Crippen LogP contribution in [0.3, 0.4) is 0 Å². The third kappa shape index (κ3) is 3.98. The van der Waals surface area contributed by atoms with Gasteiger partial charge in [0, 0.05) is 17.0 Å². The first kappa shape index (κ1) is 20.9. The zero-order chi connectivity index (χ0) is 22.6. The molecule has 0 saturated heterocycles. The van der Waals surface area contributed by atoms with Crippen molar-refractivity contribution in [3.05, 3.63) is 131 Å². The largest absolute Gasteiger partial charge is 0.464 e. The van der Waals surface area contributed by atoms with Gasteiger partial charge in [-0.25, -0.2) is 4.79 Å². The van der Waals surface area contributed by atoms with Gasteiger partial charge in [0.05, 0.1) is 12.3 Å². The number of carbonyl (C=O) groups excluding carboxylic acids is 1. The molecule has 0 fully saturated rings. The molecule has 0 amide bonds. The number of carbonyl (C=O) groups is 1. The lowest BCUT2D eigenvalue weighted by atomic mass is 9.89. The van der Waals surface area contributed by atoms with Crippen LogP contribution in [0.4, 0.5) is 0 Å². The van der Waals surface area contributed by atoms with Crippen LogP contribution in [0, 0.1) is 0 Å². The summed E-state index contributed by atoms with van der Waals surface area (Å²) < 4.78 is 5.57. The summed E-state index contributed by atoms with van der Waals surface area (Å²) in [5.41, 5.74) is 7.26. The van der Waals surface area contributed by atoms with Crippen LogP contribution < -0.4 is 0 Å². The van der Waals surface area contributed by atoms with Gasteiger partial charge >= 0.3 is 5.97 Å². The number of ether oxygens (including phenoxy) is 1.